The molecule has 1 amide bonds. The van der Waals surface area contributed by atoms with Gasteiger partial charge in [-0.15, -0.1) is 6.58 Å². The molecule has 0 atom stereocenters. The molecule has 1 N–H and O–H groups in total. The number of amides is 1. The molecule has 0 fully saturated rings. The van der Waals surface area contributed by atoms with E-state index in [-0.39, 0.29) is 12.5 Å². The summed E-state index contributed by atoms with van der Waals surface area (Å²) < 4.78 is 0. The first-order valence-electron chi connectivity index (χ1n) is 5.26. The summed E-state index contributed by atoms with van der Waals surface area (Å²) in [6.07, 6.45) is 1.65. The van der Waals surface area contributed by atoms with Crippen molar-refractivity contribution in [1.82, 2.24) is 4.90 Å². The third kappa shape index (κ3) is 3.21. The van der Waals surface area contributed by atoms with Gasteiger partial charge in [0.25, 0.3) is 5.91 Å². The van der Waals surface area contributed by atoms with Gasteiger partial charge in [-0.1, -0.05) is 23.8 Å². The first kappa shape index (κ1) is 12.5. The van der Waals surface area contributed by atoms with Gasteiger partial charge in [0, 0.05) is 18.7 Å². The van der Waals surface area contributed by atoms with Crippen LogP contribution in [0, 0.1) is 6.92 Å². The Balaban J connectivity index is 2.80. The van der Waals surface area contributed by atoms with Crippen LogP contribution in [0.15, 0.2) is 36.9 Å². The van der Waals surface area contributed by atoms with Crippen molar-refractivity contribution in [2.45, 2.75) is 6.92 Å². The van der Waals surface area contributed by atoms with Crippen LogP contribution in [0.1, 0.15) is 15.9 Å². The third-order valence-corrected chi connectivity index (χ3v) is 2.31. The highest BCUT2D eigenvalue weighted by Crippen LogP contribution is 2.07. The lowest BCUT2D eigenvalue weighted by Crippen LogP contribution is -2.33. The lowest BCUT2D eigenvalue weighted by Gasteiger charge is -2.19. The van der Waals surface area contributed by atoms with Gasteiger partial charge in [-0.25, -0.2) is 0 Å². The SMILES string of the molecule is C=CCN(CCO)C(=O)c1ccc(C)cc1. The minimum Gasteiger partial charge on any atom is -0.395 e. The van der Waals surface area contributed by atoms with Crippen molar-refractivity contribution >= 4 is 5.91 Å². The standard InChI is InChI=1S/C13H17NO2/c1-3-8-14(9-10-15)13(16)12-6-4-11(2)5-7-12/h3-7,15H,1,8-10H2,2H3. The smallest absolute Gasteiger partial charge is 0.254 e. The molecule has 1 aromatic rings. The zero-order chi connectivity index (χ0) is 12.0. The van der Waals surface area contributed by atoms with Gasteiger partial charge in [0.2, 0.25) is 0 Å². The molecule has 0 spiro atoms. The first-order valence-corrected chi connectivity index (χ1v) is 5.26. The molecule has 0 aromatic heterocycles. The van der Waals surface area contributed by atoms with Gasteiger partial charge in [-0.3, -0.25) is 4.79 Å². The minimum atomic E-state index is -0.0750. The van der Waals surface area contributed by atoms with Gasteiger partial charge in [0.1, 0.15) is 0 Å². The van der Waals surface area contributed by atoms with E-state index in [9.17, 15) is 4.79 Å². The van der Waals surface area contributed by atoms with E-state index in [1.54, 1.807) is 23.1 Å². The molecule has 0 bridgehead atoms. The number of hydrogen-bond donors (Lipinski definition) is 1. The number of rotatable bonds is 5. The highest BCUT2D eigenvalue weighted by molar-refractivity contribution is 5.94. The average Bonchev–Trinajstić information content (AvgIpc) is 2.29. The number of hydrogen-bond acceptors (Lipinski definition) is 2. The molecule has 0 aliphatic heterocycles. The lowest BCUT2D eigenvalue weighted by atomic mass is 10.1. The third-order valence-electron chi connectivity index (χ3n) is 2.31. The van der Waals surface area contributed by atoms with E-state index in [4.69, 9.17) is 5.11 Å². The van der Waals surface area contributed by atoms with Gasteiger partial charge in [-0.05, 0) is 19.1 Å². The van der Waals surface area contributed by atoms with Crippen molar-refractivity contribution in [2.75, 3.05) is 19.7 Å². The van der Waals surface area contributed by atoms with Gasteiger partial charge in [0.15, 0.2) is 0 Å². The molecule has 0 saturated heterocycles. The van der Waals surface area contributed by atoms with E-state index in [1.165, 1.54) is 0 Å². The number of benzene rings is 1. The molecule has 16 heavy (non-hydrogen) atoms. The Morgan fingerprint density at radius 1 is 1.44 bits per heavy atom. The summed E-state index contributed by atoms with van der Waals surface area (Å²) >= 11 is 0. The van der Waals surface area contributed by atoms with Crippen LogP contribution in [0.4, 0.5) is 0 Å². The molecular weight excluding hydrogens is 202 g/mol. The van der Waals surface area contributed by atoms with E-state index in [2.05, 4.69) is 6.58 Å². The molecule has 3 nitrogen and oxygen atoms in total. The summed E-state index contributed by atoms with van der Waals surface area (Å²) in [4.78, 5) is 13.6. The van der Waals surface area contributed by atoms with Crippen LogP contribution in [-0.2, 0) is 0 Å². The predicted molar refractivity (Wildman–Crippen MR) is 64.4 cm³/mol. The van der Waals surface area contributed by atoms with E-state index in [1.807, 2.05) is 19.1 Å². The minimum absolute atomic E-state index is 0.0363. The van der Waals surface area contributed by atoms with Crippen LogP contribution in [0.3, 0.4) is 0 Å². The normalized spacial score (nSPS) is 9.88. The van der Waals surface area contributed by atoms with Crippen LogP contribution in [0.5, 0.6) is 0 Å². The van der Waals surface area contributed by atoms with Gasteiger partial charge >= 0.3 is 0 Å². The molecule has 0 aliphatic rings. The number of nitrogens with zero attached hydrogens (tertiary/aromatic N) is 1. The quantitative estimate of drug-likeness (QED) is 0.764. The molecule has 0 heterocycles. The molecule has 1 aromatic carbocycles. The molecule has 1 rings (SSSR count). The first-order chi connectivity index (χ1) is 7.69. The second-order valence-corrected chi connectivity index (χ2v) is 3.63. The topological polar surface area (TPSA) is 40.5 Å². The largest absolute Gasteiger partial charge is 0.395 e. The maximum absolute atomic E-state index is 12.0. The maximum Gasteiger partial charge on any atom is 0.254 e. The Labute approximate surface area is 96.0 Å². The number of aliphatic hydroxyl groups is 1. The van der Waals surface area contributed by atoms with Crippen molar-refractivity contribution < 1.29 is 9.90 Å². The number of aliphatic hydroxyl groups excluding tert-OH is 1. The van der Waals surface area contributed by atoms with Gasteiger partial charge in [0.05, 0.1) is 6.61 Å². The molecule has 86 valence electrons. The van der Waals surface area contributed by atoms with E-state index >= 15 is 0 Å². The number of aryl methyl sites for hydroxylation is 1. The van der Waals surface area contributed by atoms with Crippen molar-refractivity contribution in [3.05, 3.63) is 48.0 Å². The Hall–Kier alpha value is -1.61. The van der Waals surface area contributed by atoms with Crippen molar-refractivity contribution in [3.63, 3.8) is 0 Å². The molecule has 3 heteroatoms. The fourth-order valence-corrected chi connectivity index (χ4v) is 1.43. The highest BCUT2D eigenvalue weighted by atomic mass is 16.3. The second kappa shape index (κ2) is 6.08. The number of carbonyl (C=O) groups is 1. The van der Waals surface area contributed by atoms with Gasteiger partial charge < -0.3 is 10.0 Å². The van der Waals surface area contributed by atoms with Crippen LogP contribution in [0.25, 0.3) is 0 Å². The Kier molecular flexibility index (Phi) is 4.73. The monoisotopic (exact) mass is 219 g/mol. The van der Waals surface area contributed by atoms with Crippen LogP contribution >= 0.6 is 0 Å². The second-order valence-electron chi connectivity index (χ2n) is 3.63. The Morgan fingerprint density at radius 3 is 2.56 bits per heavy atom. The molecule has 0 unspecified atom stereocenters. The zero-order valence-corrected chi connectivity index (χ0v) is 9.52. The zero-order valence-electron chi connectivity index (χ0n) is 9.52. The molecule has 0 saturated carbocycles. The summed E-state index contributed by atoms with van der Waals surface area (Å²) in [5.41, 5.74) is 1.76. The fourth-order valence-electron chi connectivity index (χ4n) is 1.43. The molecular formula is C13H17NO2. The summed E-state index contributed by atoms with van der Waals surface area (Å²) in [5, 5.41) is 8.88. The van der Waals surface area contributed by atoms with Crippen LogP contribution in [0.2, 0.25) is 0 Å². The van der Waals surface area contributed by atoms with Crippen molar-refractivity contribution in [1.29, 1.82) is 0 Å². The van der Waals surface area contributed by atoms with E-state index < -0.39 is 0 Å². The highest BCUT2D eigenvalue weighted by Gasteiger charge is 2.13. The lowest BCUT2D eigenvalue weighted by molar-refractivity contribution is 0.0743. The Morgan fingerprint density at radius 2 is 2.06 bits per heavy atom. The Bertz CT molecular complexity index is 357. The van der Waals surface area contributed by atoms with Crippen molar-refractivity contribution in [2.24, 2.45) is 0 Å². The summed E-state index contributed by atoms with van der Waals surface area (Å²) in [5.74, 6) is -0.0750. The number of carbonyl (C=O) groups excluding carboxylic acids is 1. The molecule has 0 aliphatic carbocycles. The summed E-state index contributed by atoms with van der Waals surface area (Å²) in [6.45, 7) is 6.32. The van der Waals surface area contributed by atoms with E-state index in [0.717, 1.165) is 5.56 Å². The fraction of sp³-hybridized carbons (Fsp3) is 0.308. The summed E-state index contributed by atoms with van der Waals surface area (Å²) in [6, 6.07) is 7.40. The predicted octanol–water partition coefficient (Wildman–Crippen LogP) is 1.62. The summed E-state index contributed by atoms with van der Waals surface area (Å²) in [7, 11) is 0. The van der Waals surface area contributed by atoms with Gasteiger partial charge in [-0.2, -0.15) is 0 Å². The van der Waals surface area contributed by atoms with Crippen molar-refractivity contribution in [3.8, 4) is 0 Å². The molecule has 0 radical (unpaired) electrons. The van der Waals surface area contributed by atoms with E-state index in [0.29, 0.717) is 18.7 Å². The van der Waals surface area contributed by atoms with Crippen LogP contribution < -0.4 is 0 Å². The van der Waals surface area contributed by atoms with Crippen LogP contribution in [-0.4, -0.2) is 35.6 Å². The average molecular weight is 219 g/mol. The maximum atomic E-state index is 12.0.